The predicted octanol–water partition coefficient (Wildman–Crippen LogP) is 8.29. The van der Waals surface area contributed by atoms with E-state index in [4.69, 9.17) is 9.72 Å². The number of benzene rings is 2. The molecule has 1 aliphatic heterocycles. The summed E-state index contributed by atoms with van der Waals surface area (Å²) >= 11 is 0. The second kappa shape index (κ2) is 15.1. The van der Waals surface area contributed by atoms with Gasteiger partial charge in [0.25, 0.3) is 0 Å². The molecule has 2 aliphatic rings. The number of aromatic nitrogens is 7. The molecule has 0 radical (unpaired) electrons. The van der Waals surface area contributed by atoms with Crippen molar-refractivity contribution in [3.8, 4) is 28.7 Å². The molecule has 7 rings (SSSR count). The first-order valence-electron chi connectivity index (χ1n) is 18.2. The van der Waals surface area contributed by atoms with E-state index in [0.717, 1.165) is 35.9 Å². The number of aliphatic imine (C=N–C) groups is 1. The Morgan fingerprint density at radius 3 is 1.96 bits per heavy atom. The van der Waals surface area contributed by atoms with Gasteiger partial charge >= 0.3 is 12.4 Å². The molecular formula is C39H40F6N10O. The topological polar surface area (TPSA) is 110 Å². The van der Waals surface area contributed by atoms with Crippen LogP contribution in [-0.4, -0.2) is 77.1 Å². The van der Waals surface area contributed by atoms with E-state index in [9.17, 15) is 26.3 Å². The van der Waals surface area contributed by atoms with Gasteiger partial charge in [-0.15, -0.1) is 0 Å². The van der Waals surface area contributed by atoms with Gasteiger partial charge in [-0.25, -0.2) is 24.9 Å². The highest BCUT2D eigenvalue weighted by Gasteiger charge is 2.45. The number of halogens is 6. The number of rotatable bonds is 12. The summed E-state index contributed by atoms with van der Waals surface area (Å²) in [4.78, 5) is 34.3. The van der Waals surface area contributed by atoms with Crippen molar-refractivity contribution < 1.29 is 31.1 Å². The molecule has 1 atom stereocenters. The number of hydrogen-bond acceptors (Lipinski definition) is 10. The van der Waals surface area contributed by atoms with Crippen LogP contribution in [0.2, 0.25) is 0 Å². The normalized spacial score (nSPS) is 16.2. The molecule has 1 saturated carbocycles. The van der Waals surface area contributed by atoms with Crippen molar-refractivity contribution in [2.45, 2.75) is 90.0 Å². The molecule has 1 fully saturated rings. The predicted molar refractivity (Wildman–Crippen MR) is 197 cm³/mol. The average molecular weight is 779 g/mol. The van der Waals surface area contributed by atoms with E-state index in [1.165, 1.54) is 24.3 Å². The molecule has 11 nitrogen and oxygen atoms in total. The summed E-state index contributed by atoms with van der Waals surface area (Å²) in [5.41, 5.74) is 3.11. The maximum Gasteiger partial charge on any atom is 0.434 e. The number of ether oxygens (including phenoxy) is 1. The minimum atomic E-state index is -4.59. The number of methoxy groups -OCH3 is 1. The molecule has 0 spiro atoms. The van der Waals surface area contributed by atoms with Crippen LogP contribution in [0.4, 0.5) is 32.3 Å². The highest BCUT2D eigenvalue weighted by atomic mass is 19.4. The average Bonchev–Trinajstić information content (AvgIpc) is 3.71. The quantitative estimate of drug-likeness (QED) is 0.116. The van der Waals surface area contributed by atoms with Crippen molar-refractivity contribution in [1.29, 1.82) is 0 Å². The third-order valence-electron chi connectivity index (χ3n) is 9.74. The first-order chi connectivity index (χ1) is 26.6. The smallest absolute Gasteiger partial charge is 0.434 e. The van der Waals surface area contributed by atoms with Crippen molar-refractivity contribution in [3.63, 3.8) is 0 Å². The lowest BCUT2D eigenvalue weighted by Gasteiger charge is -2.26. The van der Waals surface area contributed by atoms with Gasteiger partial charge in [-0.3, -0.25) is 4.99 Å². The first-order valence-corrected chi connectivity index (χ1v) is 18.2. The van der Waals surface area contributed by atoms with Crippen LogP contribution >= 0.6 is 0 Å². The minimum Gasteiger partial charge on any atom is -0.480 e. The van der Waals surface area contributed by atoms with Gasteiger partial charge in [0.05, 0.1) is 19.3 Å². The molecule has 5 aromatic rings. The molecule has 0 amide bonds. The van der Waals surface area contributed by atoms with Crippen LogP contribution < -0.4 is 9.64 Å². The molecule has 56 heavy (non-hydrogen) atoms. The number of amidine groups is 1. The van der Waals surface area contributed by atoms with Crippen molar-refractivity contribution in [2.75, 3.05) is 18.6 Å². The lowest BCUT2D eigenvalue weighted by Crippen LogP contribution is -2.39. The van der Waals surface area contributed by atoms with Crippen molar-refractivity contribution >= 4 is 11.8 Å². The third-order valence-corrected chi connectivity index (χ3v) is 9.74. The van der Waals surface area contributed by atoms with Gasteiger partial charge < -0.3 is 19.1 Å². The minimum absolute atomic E-state index is 0.188. The molecule has 0 N–H and O–H groups in total. The maximum atomic E-state index is 13.7. The van der Waals surface area contributed by atoms with Gasteiger partial charge in [0, 0.05) is 48.4 Å². The molecule has 294 valence electrons. The molecule has 1 aliphatic carbocycles. The van der Waals surface area contributed by atoms with Crippen LogP contribution in [0, 0.1) is 0 Å². The number of hydrogen-bond donors (Lipinski definition) is 0. The Morgan fingerprint density at radius 2 is 1.41 bits per heavy atom. The van der Waals surface area contributed by atoms with Crippen LogP contribution in [0.25, 0.3) is 22.8 Å². The molecular weight excluding hydrogens is 738 g/mol. The van der Waals surface area contributed by atoms with E-state index in [-0.39, 0.29) is 43.5 Å². The van der Waals surface area contributed by atoms with Crippen molar-refractivity contribution in [1.82, 2.24) is 39.4 Å². The largest absolute Gasteiger partial charge is 0.480 e. The maximum absolute atomic E-state index is 13.7. The first kappa shape index (κ1) is 38.7. The van der Waals surface area contributed by atoms with Crippen LogP contribution in [0.5, 0.6) is 5.88 Å². The van der Waals surface area contributed by atoms with E-state index in [1.54, 1.807) is 43.0 Å². The zero-order valence-corrected chi connectivity index (χ0v) is 31.3. The highest BCUT2D eigenvalue weighted by Crippen LogP contribution is 2.45. The fourth-order valence-corrected chi connectivity index (χ4v) is 6.68. The summed E-state index contributed by atoms with van der Waals surface area (Å²) in [6, 6.07) is 12.0. The molecule has 17 heteroatoms. The Kier molecular flexibility index (Phi) is 10.5. The fraction of sp³-hybridized carbons (Fsp3) is 0.410. The van der Waals surface area contributed by atoms with Gasteiger partial charge in [-0.1, -0.05) is 48.5 Å². The van der Waals surface area contributed by atoms with E-state index < -0.39 is 24.1 Å². The van der Waals surface area contributed by atoms with Gasteiger partial charge in [0.1, 0.15) is 29.9 Å². The summed E-state index contributed by atoms with van der Waals surface area (Å²) in [5, 5.41) is 0. The Hall–Kier alpha value is -5.61. The summed E-state index contributed by atoms with van der Waals surface area (Å²) in [6.07, 6.45) is -3.22. The van der Waals surface area contributed by atoms with Crippen molar-refractivity contribution in [2.24, 2.45) is 4.99 Å². The number of alkyl halides is 6. The monoisotopic (exact) mass is 778 g/mol. The molecule has 3 aromatic heterocycles. The molecule has 0 saturated heterocycles. The van der Waals surface area contributed by atoms with E-state index in [2.05, 4.69) is 29.9 Å². The highest BCUT2D eigenvalue weighted by molar-refractivity contribution is 6.00. The molecule has 2 aromatic carbocycles. The lowest BCUT2D eigenvalue weighted by atomic mass is 10.1. The van der Waals surface area contributed by atoms with Crippen LogP contribution in [0.1, 0.15) is 80.6 Å². The molecule has 1 unspecified atom stereocenters. The standard InChI is InChI=1S/C39H40F6N10O/c1-22(2)54-18-29(38(40,41)42)50-34(54)27-10-6-24(7-11-27)16-53(37-49-21-47-33(52-37)31-32(26-14-15-26)46-20-48-36(31)56-5)17-25-8-12-28(13-9-25)35-51-30(39(43,44)45)19-55(35)23(3)4/h6-13,18,20-23,26,30H,14-17,19H2,1-5H3. The number of nitrogens with zero attached hydrogens (tertiary/aromatic N) is 10. The van der Waals surface area contributed by atoms with Gasteiger partial charge in [-0.2, -0.15) is 31.3 Å². The van der Waals surface area contributed by atoms with Gasteiger partial charge in [0.2, 0.25) is 11.8 Å². The lowest BCUT2D eigenvalue weighted by molar-refractivity contribution is -0.146. The third kappa shape index (κ3) is 8.16. The second-order valence-corrected chi connectivity index (χ2v) is 14.5. The van der Waals surface area contributed by atoms with Gasteiger partial charge in [0.15, 0.2) is 17.6 Å². The SMILES string of the molecule is COc1ncnc(C2CC2)c1-c1ncnc(N(Cc2ccc(C3=NC(C(F)(F)F)CN3C(C)C)cc2)Cc2ccc(-c3nc(C(F)(F)F)cn3C(C)C)cc2)n1. The van der Waals surface area contributed by atoms with Crippen LogP contribution in [-0.2, 0) is 19.3 Å². The van der Waals surface area contributed by atoms with Crippen LogP contribution in [0.3, 0.4) is 0 Å². The summed E-state index contributed by atoms with van der Waals surface area (Å²) < 4.78 is 88.9. The fourth-order valence-electron chi connectivity index (χ4n) is 6.68. The zero-order valence-electron chi connectivity index (χ0n) is 31.3. The molecule has 0 bridgehead atoms. The Morgan fingerprint density at radius 1 is 0.786 bits per heavy atom. The zero-order chi connectivity index (χ0) is 39.9. The summed E-state index contributed by atoms with van der Waals surface area (Å²) in [5.74, 6) is 1.71. The van der Waals surface area contributed by atoms with Gasteiger partial charge in [-0.05, 0) is 51.7 Å². The van der Waals surface area contributed by atoms with Crippen molar-refractivity contribution in [3.05, 3.63) is 95.5 Å². The van der Waals surface area contributed by atoms with E-state index in [0.29, 0.717) is 40.2 Å². The second-order valence-electron chi connectivity index (χ2n) is 14.5. The van der Waals surface area contributed by atoms with E-state index in [1.807, 2.05) is 43.0 Å². The Balaban J connectivity index is 1.22. The summed E-state index contributed by atoms with van der Waals surface area (Å²) in [6.45, 7) is 7.56. The molecule has 4 heterocycles. The summed E-state index contributed by atoms with van der Waals surface area (Å²) in [7, 11) is 1.52. The van der Waals surface area contributed by atoms with E-state index >= 15 is 0 Å². The Labute approximate surface area is 319 Å². The van der Waals surface area contributed by atoms with Crippen LogP contribution in [0.15, 0.2) is 72.4 Å². The number of imidazole rings is 1. The Bertz CT molecular complexity index is 2200. The number of anilines is 1.